The second kappa shape index (κ2) is 10.9. The van der Waals surface area contributed by atoms with Crippen LogP contribution in [0, 0.1) is 0 Å². The number of methoxy groups -OCH3 is 2. The lowest BCUT2D eigenvalue weighted by Crippen LogP contribution is -2.34. The van der Waals surface area contributed by atoms with Gasteiger partial charge < -0.3 is 19.8 Å². The Labute approximate surface area is 201 Å². The van der Waals surface area contributed by atoms with Crippen LogP contribution in [0.4, 0.5) is 0 Å². The molecule has 4 rings (SSSR count). The van der Waals surface area contributed by atoms with E-state index < -0.39 is 0 Å². The fourth-order valence-corrected chi connectivity index (χ4v) is 4.58. The number of aromatic amines is 1. The molecule has 1 aromatic heterocycles. The van der Waals surface area contributed by atoms with E-state index in [2.05, 4.69) is 35.4 Å². The maximum Gasteiger partial charge on any atom is 0.221 e. The van der Waals surface area contributed by atoms with Crippen molar-refractivity contribution in [3.63, 3.8) is 0 Å². The molecule has 0 fully saturated rings. The highest BCUT2D eigenvalue weighted by Gasteiger charge is 2.26. The second-order valence-corrected chi connectivity index (χ2v) is 8.62. The first-order chi connectivity index (χ1) is 16.6. The number of fused-ring (bicyclic) bond motifs is 1. The van der Waals surface area contributed by atoms with Crippen LogP contribution in [0.25, 0.3) is 10.9 Å². The number of nitrogens with one attached hydrogen (secondary N) is 2. The number of carbonyl (C=O) groups excluding carboxylic acids is 1. The van der Waals surface area contributed by atoms with E-state index in [0.717, 1.165) is 34.9 Å². The van der Waals surface area contributed by atoms with Gasteiger partial charge in [0.2, 0.25) is 5.91 Å². The van der Waals surface area contributed by atoms with Gasteiger partial charge in [-0.2, -0.15) is 0 Å². The van der Waals surface area contributed by atoms with Gasteiger partial charge >= 0.3 is 0 Å². The third-order valence-corrected chi connectivity index (χ3v) is 6.31. The molecule has 0 saturated heterocycles. The summed E-state index contributed by atoms with van der Waals surface area (Å²) in [7, 11) is 3.27. The van der Waals surface area contributed by atoms with E-state index in [1.165, 1.54) is 5.56 Å². The van der Waals surface area contributed by atoms with Gasteiger partial charge in [0.15, 0.2) is 11.5 Å². The summed E-state index contributed by atoms with van der Waals surface area (Å²) in [5.41, 5.74) is 4.32. The van der Waals surface area contributed by atoms with Crippen LogP contribution in [-0.4, -0.2) is 31.2 Å². The zero-order valence-electron chi connectivity index (χ0n) is 20.0. The van der Waals surface area contributed by atoms with Gasteiger partial charge in [0.1, 0.15) is 0 Å². The third kappa shape index (κ3) is 5.25. The van der Waals surface area contributed by atoms with Crippen molar-refractivity contribution in [1.82, 2.24) is 10.3 Å². The number of amides is 1. The first-order valence-electron chi connectivity index (χ1n) is 11.7. The number of rotatable bonds is 10. The first kappa shape index (κ1) is 23.4. The minimum absolute atomic E-state index is 0.0146. The van der Waals surface area contributed by atoms with E-state index in [1.807, 2.05) is 60.8 Å². The minimum Gasteiger partial charge on any atom is -0.493 e. The van der Waals surface area contributed by atoms with Crippen molar-refractivity contribution < 1.29 is 14.3 Å². The van der Waals surface area contributed by atoms with Crippen LogP contribution in [0.2, 0.25) is 0 Å². The lowest BCUT2D eigenvalue weighted by molar-refractivity contribution is -0.121. The molecule has 0 aliphatic carbocycles. The molecular formula is C29H32N2O3. The Morgan fingerprint density at radius 2 is 1.68 bits per heavy atom. The molecule has 176 valence electrons. The summed E-state index contributed by atoms with van der Waals surface area (Å²) in [5.74, 6) is 1.13. The SMILES string of the molecule is COc1cccc([C@H](CC(=O)N[C@@H](C)CCc2ccccc2)c2c[nH]c3ccccc23)c1OC. The van der Waals surface area contributed by atoms with Gasteiger partial charge in [0.05, 0.1) is 14.2 Å². The summed E-state index contributed by atoms with van der Waals surface area (Å²) in [6, 6.07) is 24.4. The molecule has 0 bridgehead atoms. The van der Waals surface area contributed by atoms with E-state index in [1.54, 1.807) is 14.2 Å². The summed E-state index contributed by atoms with van der Waals surface area (Å²) in [6.07, 6.45) is 4.12. The molecule has 1 heterocycles. The van der Waals surface area contributed by atoms with Crippen LogP contribution < -0.4 is 14.8 Å². The van der Waals surface area contributed by atoms with Crippen LogP contribution in [0.3, 0.4) is 0 Å². The van der Waals surface area contributed by atoms with Crippen molar-refractivity contribution in [2.24, 2.45) is 0 Å². The second-order valence-electron chi connectivity index (χ2n) is 8.62. The molecule has 0 spiro atoms. The number of hydrogen-bond donors (Lipinski definition) is 2. The molecule has 1 amide bonds. The third-order valence-electron chi connectivity index (χ3n) is 6.31. The predicted molar refractivity (Wildman–Crippen MR) is 137 cm³/mol. The lowest BCUT2D eigenvalue weighted by atomic mass is 9.87. The summed E-state index contributed by atoms with van der Waals surface area (Å²) in [5, 5.41) is 4.30. The quantitative estimate of drug-likeness (QED) is 0.315. The van der Waals surface area contributed by atoms with Crippen LogP contribution in [0.15, 0.2) is 79.0 Å². The molecule has 2 atom stereocenters. The van der Waals surface area contributed by atoms with Crippen LogP contribution in [0.1, 0.15) is 42.4 Å². The first-order valence-corrected chi connectivity index (χ1v) is 11.7. The Hall–Kier alpha value is -3.73. The van der Waals surface area contributed by atoms with Crippen molar-refractivity contribution in [2.45, 2.75) is 38.1 Å². The predicted octanol–water partition coefficient (Wildman–Crippen LogP) is 5.84. The number of aromatic nitrogens is 1. The molecular weight excluding hydrogens is 424 g/mol. The van der Waals surface area contributed by atoms with E-state index in [9.17, 15) is 4.79 Å². The van der Waals surface area contributed by atoms with E-state index in [-0.39, 0.29) is 17.9 Å². The van der Waals surface area contributed by atoms with Crippen molar-refractivity contribution in [3.8, 4) is 11.5 Å². The van der Waals surface area contributed by atoms with Crippen LogP contribution in [0.5, 0.6) is 11.5 Å². The van der Waals surface area contributed by atoms with Gasteiger partial charge in [-0.15, -0.1) is 0 Å². The monoisotopic (exact) mass is 456 g/mol. The maximum absolute atomic E-state index is 13.2. The number of carbonyl (C=O) groups is 1. The smallest absolute Gasteiger partial charge is 0.221 e. The molecule has 2 N–H and O–H groups in total. The summed E-state index contributed by atoms with van der Waals surface area (Å²) in [6.45, 7) is 2.06. The molecule has 0 unspecified atom stereocenters. The van der Waals surface area contributed by atoms with Gasteiger partial charge in [-0.3, -0.25) is 4.79 Å². The molecule has 0 radical (unpaired) electrons. The Morgan fingerprint density at radius 3 is 2.44 bits per heavy atom. The normalized spacial score (nSPS) is 12.8. The van der Waals surface area contributed by atoms with Crippen molar-refractivity contribution >= 4 is 16.8 Å². The van der Waals surface area contributed by atoms with Gasteiger partial charge in [-0.05, 0) is 43.0 Å². The molecule has 5 heteroatoms. The van der Waals surface area contributed by atoms with E-state index >= 15 is 0 Å². The largest absolute Gasteiger partial charge is 0.493 e. The number of hydrogen-bond acceptors (Lipinski definition) is 3. The number of H-pyrrole nitrogens is 1. The van der Waals surface area contributed by atoms with Gasteiger partial charge in [-0.1, -0.05) is 60.7 Å². The maximum atomic E-state index is 13.2. The number of aryl methyl sites for hydroxylation is 1. The van der Waals surface area contributed by atoms with Gasteiger partial charge in [-0.25, -0.2) is 0 Å². The Kier molecular flexibility index (Phi) is 7.53. The van der Waals surface area contributed by atoms with E-state index in [4.69, 9.17) is 9.47 Å². The lowest BCUT2D eigenvalue weighted by Gasteiger charge is -2.22. The van der Waals surface area contributed by atoms with Crippen molar-refractivity contribution in [2.75, 3.05) is 14.2 Å². The molecule has 0 saturated carbocycles. The Bertz CT molecular complexity index is 1230. The average Bonchev–Trinajstić information content (AvgIpc) is 3.30. The highest BCUT2D eigenvalue weighted by Crippen LogP contribution is 2.41. The van der Waals surface area contributed by atoms with Gasteiger partial charge in [0, 0.05) is 41.0 Å². The number of ether oxygens (including phenoxy) is 2. The fourth-order valence-electron chi connectivity index (χ4n) is 4.58. The molecule has 0 aliphatic heterocycles. The molecule has 5 nitrogen and oxygen atoms in total. The summed E-state index contributed by atoms with van der Waals surface area (Å²) < 4.78 is 11.3. The highest BCUT2D eigenvalue weighted by atomic mass is 16.5. The van der Waals surface area contributed by atoms with Crippen LogP contribution >= 0.6 is 0 Å². The zero-order chi connectivity index (χ0) is 23.9. The van der Waals surface area contributed by atoms with Crippen molar-refractivity contribution in [1.29, 1.82) is 0 Å². The number of para-hydroxylation sites is 2. The summed E-state index contributed by atoms with van der Waals surface area (Å²) >= 11 is 0. The summed E-state index contributed by atoms with van der Waals surface area (Å²) in [4.78, 5) is 16.6. The zero-order valence-corrected chi connectivity index (χ0v) is 20.0. The Morgan fingerprint density at radius 1 is 0.912 bits per heavy atom. The topological polar surface area (TPSA) is 63.3 Å². The van der Waals surface area contributed by atoms with Crippen molar-refractivity contribution in [3.05, 3.63) is 95.7 Å². The molecule has 34 heavy (non-hydrogen) atoms. The van der Waals surface area contributed by atoms with E-state index in [0.29, 0.717) is 17.9 Å². The van der Waals surface area contributed by atoms with Gasteiger partial charge in [0.25, 0.3) is 0 Å². The minimum atomic E-state index is -0.192. The fraction of sp³-hybridized carbons (Fsp3) is 0.276. The average molecular weight is 457 g/mol. The molecule has 3 aromatic carbocycles. The molecule has 0 aliphatic rings. The highest BCUT2D eigenvalue weighted by molar-refractivity contribution is 5.86. The molecule has 4 aromatic rings. The standard InChI is InChI=1S/C29H32N2O3/c1-20(16-17-21-10-5-4-6-11-21)31-28(32)18-24(23-13-9-15-27(33-2)29(23)34-3)25-19-30-26-14-8-7-12-22(25)26/h4-15,19-20,24,30H,16-18H2,1-3H3,(H,31,32)/t20-,24-/m0/s1. The Balaban J connectivity index is 1.58. The number of benzene rings is 3. The van der Waals surface area contributed by atoms with Crippen LogP contribution in [-0.2, 0) is 11.2 Å².